The van der Waals surface area contributed by atoms with E-state index in [0.29, 0.717) is 24.0 Å². The largest absolute Gasteiger partial charge is 0.419 e. The van der Waals surface area contributed by atoms with Gasteiger partial charge in [-0.05, 0) is 42.7 Å². The molecule has 4 rings (SSSR count). The van der Waals surface area contributed by atoms with Gasteiger partial charge in [-0.15, -0.1) is 11.8 Å². The van der Waals surface area contributed by atoms with Crippen LogP contribution in [-0.2, 0) is 11.0 Å². The first-order chi connectivity index (χ1) is 11.9. The number of carbonyl (C=O) groups is 1. The number of allylic oxidation sites excluding steroid dienone is 4. The van der Waals surface area contributed by atoms with Gasteiger partial charge in [-0.25, -0.2) is 4.39 Å². The molecular weight excluding hydrogens is 354 g/mol. The summed E-state index contributed by atoms with van der Waals surface area (Å²) in [5.41, 5.74) is 1.41. The molecule has 1 unspecified atom stereocenters. The van der Waals surface area contributed by atoms with E-state index in [2.05, 4.69) is 5.32 Å². The van der Waals surface area contributed by atoms with E-state index in [4.69, 9.17) is 0 Å². The Morgan fingerprint density at radius 3 is 2.68 bits per heavy atom. The van der Waals surface area contributed by atoms with Crippen LogP contribution in [0, 0.1) is 5.82 Å². The number of ketones is 1. The monoisotopic (exact) mass is 369 g/mol. The summed E-state index contributed by atoms with van der Waals surface area (Å²) in [6.07, 6.45) is -2.01. The number of dihydropyridines is 1. The fourth-order valence-corrected chi connectivity index (χ4v) is 4.99. The number of hydrogen-bond donors (Lipinski definition) is 1. The zero-order chi connectivity index (χ0) is 17.8. The molecule has 0 bridgehead atoms. The minimum atomic E-state index is -4.76. The van der Waals surface area contributed by atoms with Gasteiger partial charge in [0.25, 0.3) is 0 Å². The van der Waals surface area contributed by atoms with Crippen LogP contribution < -0.4 is 5.32 Å². The van der Waals surface area contributed by atoms with E-state index in [9.17, 15) is 22.4 Å². The lowest BCUT2D eigenvalue weighted by Crippen LogP contribution is -2.27. The highest BCUT2D eigenvalue weighted by atomic mass is 32.2. The summed E-state index contributed by atoms with van der Waals surface area (Å²) in [6, 6.07) is 3.09. The molecule has 1 atom stereocenters. The number of carbonyl (C=O) groups excluding carboxylic acids is 1. The molecule has 7 heteroatoms. The van der Waals surface area contributed by atoms with Crippen LogP contribution in [0.25, 0.3) is 0 Å². The lowest BCUT2D eigenvalue weighted by molar-refractivity contribution is -0.140. The van der Waals surface area contributed by atoms with Gasteiger partial charge >= 0.3 is 6.18 Å². The molecule has 1 aromatic carbocycles. The van der Waals surface area contributed by atoms with Crippen molar-refractivity contribution in [1.82, 2.24) is 5.32 Å². The van der Waals surface area contributed by atoms with Crippen molar-refractivity contribution in [2.24, 2.45) is 0 Å². The number of nitrogens with one attached hydrogen (secondary N) is 1. The summed E-state index contributed by atoms with van der Waals surface area (Å²) in [5.74, 6) is -0.986. The number of halogens is 4. The lowest BCUT2D eigenvalue weighted by Gasteiger charge is -2.33. The molecule has 2 nitrogen and oxygen atoms in total. The van der Waals surface area contributed by atoms with E-state index in [0.717, 1.165) is 47.0 Å². The van der Waals surface area contributed by atoms with Gasteiger partial charge in [-0.3, -0.25) is 4.79 Å². The molecule has 3 aliphatic rings. The van der Waals surface area contributed by atoms with Gasteiger partial charge < -0.3 is 5.32 Å². The van der Waals surface area contributed by atoms with Gasteiger partial charge in [-0.2, -0.15) is 13.2 Å². The smallest absolute Gasteiger partial charge is 0.361 e. The average molecular weight is 369 g/mol. The van der Waals surface area contributed by atoms with Crippen LogP contribution in [0.5, 0.6) is 0 Å². The Balaban J connectivity index is 1.87. The number of benzene rings is 1. The Bertz CT molecular complexity index is 825. The standard InChI is InChI=1S/C18H15F4NOS/c19-11-4-3-9(8-10(11)18(20,21)22)15-16-12(5-6-14(16)24)23-13-2-1-7-25-17(13)15/h3-4,8,15,23H,1-2,5-7H2. The van der Waals surface area contributed by atoms with Crippen LogP contribution in [0.1, 0.15) is 42.7 Å². The van der Waals surface area contributed by atoms with Gasteiger partial charge in [0.05, 0.1) is 5.56 Å². The fraction of sp³-hybridized carbons (Fsp3) is 0.389. The minimum absolute atomic E-state index is 0.0388. The van der Waals surface area contributed by atoms with Crippen molar-refractivity contribution in [3.05, 3.63) is 57.0 Å². The van der Waals surface area contributed by atoms with E-state index < -0.39 is 23.5 Å². The third kappa shape index (κ3) is 2.78. The third-order valence-electron chi connectivity index (χ3n) is 4.84. The number of Topliss-reactive ketones (excluding diaryl/α,β-unsaturated/α-hetero) is 1. The van der Waals surface area contributed by atoms with E-state index in [1.165, 1.54) is 6.07 Å². The SMILES string of the molecule is O=C1CCC2=C1C(c1ccc(F)c(C(F)(F)F)c1)C1=C(CCCS1)N2. The summed E-state index contributed by atoms with van der Waals surface area (Å²) < 4.78 is 53.1. The molecule has 1 aliphatic carbocycles. The summed E-state index contributed by atoms with van der Waals surface area (Å²) in [5, 5.41) is 3.33. The van der Waals surface area contributed by atoms with Crippen LogP contribution in [-0.4, -0.2) is 11.5 Å². The second-order valence-electron chi connectivity index (χ2n) is 6.41. The van der Waals surface area contributed by atoms with Crippen LogP contribution in [0.15, 0.2) is 40.1 Å². The van der Waals surface area contributed by atoms with Gasteiger partial charge in [0, 0.05) is 34.2 Å². The number of thioether (sulfide) groups is 1. The molecule has 0 aromatic heterocycles. The predicted molar refractivity (Wildman–Crippen MR) is 87.3 cm³/mol. The second-order valence-corrected chi connectivity index (χ2v) is 7.54. The summed E-state index contributed by atoms with van der Waals surface area (Å²) in [7, 11) is 0. The van der Waals surface area contributed by atoms with Crippen molar-refractivity contribution < 1.29 is 22.4 Å². The zero-order valence-electron chi connectivity index (χ0n) is 13.2. The molecule has 0 saturated heterocycles. The second kappa shape index (κ2) is 5.90. The first kappa shape index (κ1) is 16.7. The van der Waals surface area contributed by atoms with Gasteiger partial charge in [0.1, 0.15) is 5.82 Å². The molecule has 2 aliphatic heterocycles. The highest BCUT2D eigenvalue weighted by Crippen LogP contribution is 2.50. The summed E-state index contributed by atoms with van der Waals surface area (Å²) in [4.78, 5) is 13.3. The zero-order valence-corrected chi connectivity index (χ0v) is 14.0. The highest BCUT2D eigenvalue weighted by Gasteiger charge is 2.41. The van der Waals surface area contributed by atoms with Crippen LogP contribution in [0.2, 0.25) is 0 Å². The van der Waals surface area contributed by atoms with Crippen LogP contribution in [0.4, 0.5) is 17.6 Å². The molecule has 1 aromatic rings. The third-order valence-corrected chi connectivity index (χ3v) is 6.12. The van der Waals surface area contributed by atoms with Crippen molar-refractivity contribution in [1.29, 1.82) is 0 Å². The maximum Gasteiger partial charge on any atom is 0.419 e. The summed E-state index contributed by atoms with van der Waals surface area (Å²) >= 11 is 1.57. The normalized spacial score (nSPS) is 23.5. The molecule has 0 fully saturated rings. The Hall–Kier alpha value is -1.76. The van der Waals surface area contributed by atoms with Crippen LogP contribution >= 0.6 is 11.8 Å². The molecule has 1 N–H and O–H groups in total. The Labute approximate surface area is 146 Å². The molecule has 2 heterocycles. The van der Waals surface area contributed by atoms with Crippen molar-refractivity contribution in [3.63, 3.8) is 0 Å². The van der Waals surface area contributed by atoms with Crippen LogP contribution in [0.3, 0.4) is 0 Å². The highest BCUT2D eigenvalue weighted by molar-refractivity contribution is 8.03. The van der Waals surface area contributed by atoms with Gasteiger partial charge in [0.15, 0.2) is 5.78 Å². The van der Waals surface area contributed by atoms with E-state index in [1.807, 2.05) is 0 Å². The minimum Gasteiger partial charge on any atom is -0.361 e. The Kier molecular flexibility index (Phi) is 3.94. The van der Waals surface area contributed by atoms with Crippen molar-refractivity contribution >= 4 is 17.5 Å². The van der Waals surface area contributed by atoms with E-state index in [1.54, 1.807) is 11.8 Å². The average Bonchev–Trinajstić information content (AvgIpc) is 2.93. The molecule has 25 heavy (non-hydrogen) atoms. The maximum absolute atomic E-state index is 13.7. The first-order valence-corrected chi connectivity index (χ1v) is 9.10. The van der Waals surface area contributed by atoms with Crippen molar-refractivity contribution in [3.8, 4) is 0 Å². The molecule has 0 radical (unpaired) electrons. The van der Waals surface area contributed by atoms with Crippen molar-refractivity contribution in [2.75, 3.05) is 5.75 Å². The molecule has 0 saturated carbocycles. The van der Waals surface area contributed by atoms with Gasteiger partial charge in [0.2, 0.25) is 0 Å². The molecule has 0 amide bonds. The number of alkyl halides is 3. The first-order valence-electron chi connectivity index (χ1n) is 8.12. The molecule has 0 spiro atoms. The predicted octanol–water partition coefficient (Wildman–Crippen LogP) is 4.89. The number of hydrogen-bond acceptors (Lipinski definition) is 3. The Morgan fingerprint density at radius 1 is 1.12 bits per heavy atom. The van der Waals surface area contributed by atoms with E-state index >= 15 is 0 Å². The topological polar surface area (TPSA) is 29.1 Å². The molecular formula is C18H15F4NOS. The summed E-state index contributed by atoms with van der Waals surface area (Å²) in [6.45, 7) is 0. The fourth-order valence-electron chi connectivity index (χ4n) is 3.74. The van der Waals surface area contributed by atoms with Crippen molar-refractivity contribution in [2.45, 2.75) is 37.8 Å². The maximum atomic E-state index is 13.7. The van der Waals surface area contributed by atoms with Gasteiger partial charge in [-0.1, -0.05) is 6.07 Å². The Morgan fingerprint density at radius 2 is 1.92 bits per heavy atom. The number of rotatable bonds is 1. The van der Waals surface area contributed by atoms with E-state index in [-0.39, 0.29) is 5.78 Å². The molecule has 132 valence electrons. The lowest BCUT2D eigenvalue weighted by atomic mass is 9.85. The quantitative estimate of drug-likeness (QED) is 0.715.